The third kappa shape index (κ3) is 1.60. The second kappa shape index (κ2) is 3.88. The molecule has 0 saturated heterocycles. The van der Waals surface area contributed by atoms with E-state index >= 15 is 0 Å². The van der Waals surface area contributed by atoms with Crippen LogP contribution in [0, 0.1) is 5.92 Å². The highest BCUT2D eigenvalue weighted by Crippen LogP contribution is 2.33. The minimum absolute atomic E-state index is 0.397. The van der Waals surface area contributed by atoms with E-state index in [2.05, 4.69) is 20.8 Å². The van der Waals surface area contributed by atoms with Crippen LogP contribution in [-0.2, 0) is 4.79 Å². The molecule has 0 aromatic rings. The first-order valence-corrected chi connectivity index (χ1v) is 4.95. The Morgan fingerprint density at radius 2 is 2.08 bits per heavy atom. The van der Waals surface area contributed by atoms with Gasteiger partial charge in [-0.15, -0.1) is 0 Å². The van der Waals surface area contributed by atoms with Crippen LogP contribution in [0.15, 0.2) is 11.1 Å². The van der Waals surface area contributed by atoms with Gasteiger partial charge in [0.05, 0.1) is 0 Å². The van der Waals surface area contributed by atoms with Crippen molar-refractivity contribution in [3.63, 3.8) is 0 Å². The molecule has 68 valence electrons. The Morgan fingerprint density at radius 3 is 2.58 bits per heavy atom. The summed E-state index contributed by atoms with van der Waals surface area (Å²) in [6.45, 7) is 6.43. The molecule has 1 aliphatic rings. The Balaban J connectivity index is 2.85. The fraction of sp³-hybridized carbons (Fsp3) is 0.727. The van der Waals surface area contributed by atoms with Crippen molar-refractivity contribution in [1.82, 2.24) is 0 Å². The lowest BCUT2D eigenvalue weighted by Crippen LogP contribution is -1.94. The molecule has 1 rings (SSSR count). The van der Waals surface area contributed by atoms with Gasteiger partial charge in [-0.3, -0.25) is 4.79 Å². The van der Waals surface area contributed by atoms with Crippen molar-refractivity contribution in [2.24, 2.45) is 5.92 Å². The molecule has 0 fully saturated rings. The molecule has 1 nitrogen and oxygen atoms in total. The lowest BCUT2D eigenvalue weighted by molar-refractivity contribution is -0.115. The second-order valence-electron chi connectivity index (χ2n) is 3.64. The molecular weight excluding hydrogens is 148 g/mol. The number of allylic oxidation sites excluding steroid dienone is 2. The molecule has 0 bridgehead atoms. The smallest absolute Gasteiger partial charge is 0.159 e. The number of hydrogen-bond acceptors (Lipinski definition) is 1. The predicted octanol–water partition coefficient (Wildman–Crippen LogP) is 3.10. The molecule has 0 aliphatic heterocycles. The molecule has 12 heavy (non-hydrogen) atoms. The van der Waals surface area contributed by atoms with Crippen molar-refractivity contribution in [1.29, 1.82) is 0 Å². The van der Waals surface area contributed by atoms with Crippen molar-refractivity contribution < 1.29 is 4.79 Å². The Bertz CT molecular complexity index is 213. The van der Waals surface area contributed by atoms with Crippen LogP contribution < -0.4 is 0 Å². The Labute approximate surface area is 74.9 Å². The molecule has 0 spiro atoms. The highest BCUT2D eigenvalue weighted by molar-refractivity contribution is 5.99. The highest BCUT2D eigenvalue weighted by atomic mass is 16.1. The van der Waals surface area contributed by atoms with Crippen LogP contribution in [0.1, 0.15) is 46.5 Å². The van der Waals surface area contributed by atoms with E-state index in [4.69, 9.17) is 0 Å². The van der Waals surface area contributed by atoms with Gasteiger partial charge in [0.25, 0.3) is 0 Å². The van der Waals surface area contributed by atoms with E-state index in [0.29, 0.717) is 11.7 Å². The van der Waals surface area contributed by atoms with Crippen molar-refractivity contribution in [2.45, 2.75) is 46.5 Å². The topological polar surface area (TPSA) is 17.1 Å². The monoisotopic (exact) mass is 166 g/mol. The third-order valence-electron chi connectivity index (χ3n) is 2.68. The molecule has 1 heteroatoms. The first kappa shape index (κ1) is 9.50. The third-order valence-corrected chi connectivity index (χ3v) is 2.68. The summed E-state index contributed by atoms with van der Waals surface area (Å²) in [5, 5.41) is 0. The molecule has 1 unspecified atom stereocenters. The Hall–Kier alpha value is -0.590. The fourth-order valence-corrected chi connectivity index (χ4v) is 2.09. The van der Waals surface area contributed by atoms with E-state index in [0.717, 1.165) is 31.3 Å². The van der Waals surface area contributed by atoms with Crippen LogP contribution in [-0.4, -0.2) is 5.78 Å². The summed E-state index contributed by atoms with van der Waals surface area (Å²) in [5.41, 5.74) is 2.56. The molecule has 0 aromatic heterocycles. The van der Waals surface area contributed by atoms with E-state index in [9.17, 15) is 4.79 Å². The van der Waals surface area contributed by atoms with Crippen LogP contribution >= 0.6 is 0 Å². The van der Waals surface area contributed by atoms with Gasteiger partial charge in [0.15, 0.2) is 5.78 Å². The fourth-order valence-electron chi connectivity index (χ4n) is 2.09. The molecule has 0 radical (unpaired) electrons. The Morgan fingerprint density at radius 1 is 1.42 bits per heavy atom. The molecule has 0 heterocycles. The lowest BCUT2D eigenvalue weighted by Gasteiger charge is -2.07. The zero-order chi connectivity index (χ0) is 9.14. The van der Waals surface area contributed by atoms with Gasteiger partial charge in [-0.1, -0.05) is 32.8 Å². The van der Waals surface area contributed by atoms with Gasteiger partial charge >= 0.3 is 0 Å². The zero-order valence-corrected chi connectivity index (χ0v) is 8.31. The van der Waals surface area contributed by atoms with Crippen molar-refractivity contribution in [3.05, 3.63) is 11.1 Å². The van der Waals surface area contributed by atoms with Crippen molar-refractivity contribution >= 4 is 5.78 Å². The Kier molecular flexibility index (Phi) is 3.07. The number of ketones is 1. The van der Waals surface area contributed by atoms with E-state index in [1.807, 2.05) is 0 Å². The van der Waals surface area contributed by atoms with Crippen LogP contribution in [0.2, 0.25) is 0 Å². The van der Waals surface area contributed by atoms with Gasteiger partial charge in [-0.05, 0) is 24.3 Å². The SMILES string of the molecule is CCCC1=C(CC)C(=O)CC1C. The molecule has 0 saturated carbocycles. The number of carbonyl (C=O) groups is 1. The number of hydrogen-bond donors (Lipinski definition) is 0. The molecule has 1 aliphatic carbocycles. The number of rotatable bonds is 3. The highest BCUT2D eigenvalue weighted by Gasteiger charge is 2.26. The molecule has 0 aromatic carbocycles. The first-order chi connectivity index (χ1) is 5.70. The van der Waals surface area contributed by atoms with E-state index in [-0.39, 0.29) is 0 Å². The summed E-state index contributed by atoms with van der Waals surface area (Å²) in [7, 11) is 0. The minimum atomic E-state index is 0.397. The normalized spacial score (nSPS) is 23.9. The number of Topliss-reactive ketones (excluding diaryl/α,β-unsaturated/α-hetero) is 1. The van der Waals surface area contributed by atoms with E-state index in [1.165, 1.54) is 5.57 Å². The van der Waals surface area contributed by atoms with Crippen LogP contribution in [0.5, 0.6) is 0 Å². The van der Waals surface area contributed by atoms with Crippen LogP contribution in [0.3, 0.4) is 0 Å². The standard InChI is InChI=1S/C11H18O/c1-4-6-10-8(3)7-11(12)9(10)5-2/h8H,4-7H2,1-3H3. The minimum Gasteiger partial charge on any atom is -0.295 e. The average molecular weight is 166 g/mol. The maximum absolute atomic E-state index is 11.4. The largest absolute Gasteiger partial charge is 0.295 e. The maximum atomic E-state index is 11.4. The van der Waals surface area contributed by atoms with E-state index < -0.39 is 0 Å². The van der Waals surface area contributed by atoms with Gasteiger partial charge in [-0.2, -0.15) is 0 Å². The van der Waals surface area contributed by atoms with Gasteiger partial charge in [0.2, 0.25) is 0 Å². The summed E-state index contributed by atoms with van der Waals surface area (Å²) >= 11 is 0. The summed E-state index contributed by atoms with van der Waals surface area (Å²) in [6.07, 6.45) is 3.98. The van der Waals surface area contributed by atoms with E-state index in [1.54, 1.807) is 0 Å². The average Bonchev–Trinajstić information content (AvgIpc) is 2.28. The van der Waals surface area contributed by atoms with Crippen LogP contribution in [0.4, 0.5) is 0 Å². The first-order valence-electron chi connectivity index (χ1n) is 4.95. The molecule has 1 atom stereocenters. The van der Waals surface area contributed by atoms with Crippen LogP contribution in [0.25, 0.3) is 0 Å². The molecule has 0 N–H and O–H groups in total. The zero-order valence-electron chi connectivity index (χ0n) is 8.31. The molecular formula is C11H18O. The van der Waals surface area contributed by atoms with Gasteiger partial charge in [0.1, 0.15) is 0 Å². The van der Waals surface area contributed by atoms with Gasteiger partial charge in [0, 0.05) is 6.42 Å². The summed E-state index contributed by atoms with van der Waals surface area (Å²) in [6, 6.07) is 0. The predicted molar refractivity (Wildman–Crippen MR) is 51.0 cm³/mol. The number of carbonyl (C=O) groups excluding carboxylic acids is 1. The van der Waals surface area contributed by atoms with Gasteiger partial charge < -0.3 is 0 Å². The van der Waals surface area contributed by atoms with Gasteiger partial charge in [-0.25, -0.2) is 0 Å². The maximum Gasteiger partial charge on any atom is 0.159 e. The summed E-state index contributed by atoms with van der Waals surface area (Å²) < 4.78 is 0. The summed E-state index contributed by atoms with van der Waals surface area (Å²) in [5.74, 6) is 0.917. The second-order valence-corrected chi connectivity index (χ2v) is 3.64. The summed E-state index contributed by atoms with van der Waals surface area (Å²) in [4.78, 5) is 11.4. The van der Waals surface area contributed by atoms with Crippen molar-refractivity contribution in [2.75, 3.05) is 0 Å². The lowest BCUT2D eigenvalue weighted by atomic mass is 9.98. The van der Waals surface area contributed by atoms with Crippen molar-refractivity contribution in [3.8, 4) is 0 Å². The molecule has 0 amide bonds. The quantitative estimate of drug-likeness (QED) is 0.629.